The number of halogens is 3. The second-order valence-corrected chi connectivity index (χ2v) is 8.86. The fraction of sp³-hybridized carbons (Fsp3) is 0.0455. The van der Waals surface area contributed by atoms with Crippen molar-refractivity contribution in [3.05, 3.63) is 99.9 Å². The summed E-state index contributed by atoms with van der Waals surface area (Å²) in [5.74, 6) is -0.936. The highest BCUT2D eigenvalue weighted by Crippen LogP contribution is 2.29. The van der Waals surface area contributed by atoms with E-state index in [1.54, 1.807) is 30.3 Å². The molecule has 0 aliphatic carbocycles. The molecular weight excluding hydrogens is 657 g/mol. The summed E-state index contributed by atoms with van der Waals surface area (Å²) in [6.45, 7) is 0.160. The second-order valence-electron chi connectivity index (χ2n) is 6.53. The van der Waals surface area contributed by atoms with Crippen molar-refractivity contribution in [2.24, 2.45) is 5.10 Å². The topological polar surface area (TPSA) is 118 Å². The summed E-state index contributed by atoms with van der Waals surface area (Å²) in [5, 5.41) is 23.6. The third-order valence-corrected chi connectivity index (χ3v) is 5.85. The molecule has 166 valence electrons. The zero-order valence-electron chi connectivity index (χ0n) is 16.6. The molecule has 3 aromatic rings. The number of nitro benzene ring substituents is 1. The largest absolute Gasteiger partial charge is 0.487 e. The van der Waals surface area contributed by atoms with Crippen LogP contribution < -0.4 is 10.2 Å². The molecule has 0 unspecified atom stereocenters. The first-order valence-electron chi connectivity index (χ1n) is 9.16. The van der Waals surface area contributed by atoms with Gasteiger partial charge in [0.2, 0.25) is 0 Å². The van der Waals surface area contributed by atoms with Crippen molar-refractivity contribution in [1.29, 1.82) is 5.26 Å². The number of carbonyl (C=O) groups is 1. The lowest BCUT2D eigenvalue weighted by molar-refractivity contribution is -0.384. The van der Waals surface area contributed by atoms with Crippen molar-refractivity contribution < 1.29 is 18.8 Å². The molecule has 0 saturated heterocycles. The van der Waals surface area contributed by atoms with Crippen molar-refractivity contribution in [2.45, 2.75) is 6.61 Å². The molecular formula is C22H13FI2N4O4. The number of hydrogen-bond acceptors (Lipinski definition) is 6. The Bertz CT molecular complexity index is 1280. The van der Waals surface area contributed by atoms with Crippen molar-refractivity contribution in [2.75, 3.05) is 0 Å². The van der Waals surface area contributed by atoms with Gasteiger partial charge < -0.3 is 4.74 Å². The van der Waals surface area contributed by atoms with Crippen molar-refractivity contribution >= 4 is 63.0 Å². The second kappa shape index (κ2) is 11.1. The van der Waals surface area contributed by atoms with Crippen LogP contribution in [-0.2, 0) is 6.61 Å². The van der Waals surface area contributed by atoms with E-state index in [0.29, 0.717) is 16.9 Å². The van der Waals surface area contributed by atoms with Crippen LogP contribution in [0.4, 0.5) is 10.1 Å². The molecule has 1 N–H and O–H groups in total. The Morgan fingerprint density at radius 1 is 1.21 bits per heavy atom. The molecule has 0 heterocycles. The van der Waals surface area contributed by atoms with Gasteiger partial charge in [0.05, 0.1) is 35.5 Å². The number of hydrazone groups is 1. The van der Waals surface area contributed by atoms with Crippen LogP contribution in [0.1, 0.15) is 27.0 Å². The normalized spacial score (nSPS) is 10.6. The smallest absolute Gasteiger partial charge is 0.274 e. The molecule has 0 bridgehead atoms. The highest BCUT2D eigenvalue weighted by molar-refractivity contribution is 14.1. The first-order chi connectivity index (χ1) is 15.8. The van der Waals surface area contributed by atoms with Crippen LogP contribution in [0.25, 0.3) is 0 Å². The molecule has 0 aromatic heterocycles. The van der Waals surface area contributed by atoms with Gasteiger partial charge in [-0.2, -0.15) is 10.4 Å². The lowest BCUT2D eigenvalue weighted by Crippen LogP contribution is -2.19. The van der Waals surface area contributed by atoms with E-state index in [4.69, 9.17) is 10.00 Å². The van der Waals surface area contributed by atoms with Gasteiger partial charge in [0.25, 0.3) is 11.6 Å². The van der Waals surface area contributed by atoms with Crippen molar-refractivity contribution in [1.82, 2.24) is 5.43 Å². The fourth-order valence-corrected chi connectivity index (χ4v) is 4.83. The van der Waals surface area contributed by atoms with Crippen LogP contribution in [0.2, 0.25) is 0 Å². The van der Waals surface area contributed by atoms with Gasteiger partial charge >= 0.3 is 0 Å². The van der Waals surface area contributed by atoms with E-state index in [-0.39, 0.29) is 23.4 Å². The summed E-state index contributed by atoms with van der Waals surface area (Å²) in [7, 11) is 0. The maximum atomic E-state index is 13.9. The Kier molecular flexibility index (Phi) is 8.28. The molecule has 11 heteroatoms. The van der Waals surface area contributed by atoms with E-state index in [9.17, 15) is 19.3 Å². The molecule has 0 atom stereocenters. The molecule has 1 amide bonds. The van der Waals surface area contributed by atoms with E-state index >= 15 is 0 Å². The summed E-state index contributed by atoms with van der Waals surface area (Å²) >= 11 is 4.19. The number of hydrogen-bond donors (Lipinski definition) is 1. The first kappa shape index (κ1) is 24.5. The number of nitrogens with one attached hydrogen (secondary N) is 1. The lowest BCUT2D eigenvalue weighted by Gasteiger charge is -2.11. The predicted molar refractivity (Wildman–Crippen MR) is 135 cm³/mol. The minimum atomic E-state index is -0.809. The number of non-ortho nitro benzene ring substituents is 1. The number of benzene rings is 3. The van der Waals surface area contributed by atoms with Gasteiger partial charge in [-0.3, -0.25) is 14.9 Å². The quantitative estimate of drug-likeness (QED) is 0.162. The monoisotopic (exact) mass is 670 g/mol. The predicted octanol–water partition coefficient (Wildman–Crippen LogP) is 5.16. The first-order valence-corrected chi connectivity index (χ1v) is 11.3. The average molecular weight is 670 g/mol. The van der Waals surface area contributed by atoms with Gasteiger partial charge in [-0.15, -0.1) is 0 Å². The number of rotatable bonds is 7. The molecule has 3 aromatic carbocycles. The molecule has 3 rings (SSSR count). The minimum absolute atomic E-state index is 0.00464. The summed E-state index contributed by atoms with van der Waals surface area (Å²) in [5.41, 5.74) is 3.48. The summed E-state index contributed by atoms with van der Waals surface area (Å²) in [6.07, 6.45) is 1.41. The highest BCUT2D eigenvalue weighted by atomic mass is 127. The summed E-state index contributed by atoms with van der Waals surface area (Å²) in [6, 6.07) is 15.1. The molecule has 33 heavy (non-hydrogen) atoms. The van der Waals surface area contributed by atoms with Gasteiger partial charge in [0, 0.05) is 12.1 Å². The maximum Gasteiger partial charge on any atom is 0.274 e. The van der Waals surface area contributed by atoms with Crippen LogP contribution in [-0.4, -0.2) is 17.0 Å². The van der Waals surface area contributed by atoms with E-state index in [1.807, 2.05) is 0 Å². The van der Waals surface area contributed by atoms with Crippen molar-refractivity contribution in [3.8, 4) is 11.8 Å². The lowest BCUT2D eigenvalue weighted by atomic mass is 10.1. The van der Waals surface area contributed by atoms with E-state index < -0.39 is 16.6 Å². The zero-order valence-corrected chi connectivity index (χ0v) is 20.9. The van der Waals surface area contributed by atoms with E-state index in [0.717, 1.165) is 13.2 Å². The molecule has 0 spiro atoms. The molecule has 0 aliphatic rings. The summed E-state index contributed by atoms with van der Waals surface area (Å²) < 4.78 is 21.3. The van der Waals surface area contributed by atoms with Crippen LogP contribution in [0, 0.1) is 34.4 Å². The molecule has 0 aliphatic heterocycles. The Balaban J connectivity index is 1.66. The van der Waals surface area contributed by atoms with Gasteiger partial charge in [0.1, 0.15) is 18.2 Å². The summed E-state index contributed by atoms with van der Waals surface area (Å²) in [4.78, 5) is 22.6. The number of nitriles is 1. The van der Waals surface area contributed by atoms with Crippen LogP contribution in [0.15, 0.2) is 59.7 Å². The van der Waals surface area contributed by atoms with Gasteiger partial charge in [0.15, 0.2) is 0 Å². The van der Waals surface area contributed by atoms with Crippen LogP contribution in [0.3, 0.4) is 0 Å². The molecule has 0 radical (unpaired) electrons. The minimum Gasteiger partial charge on any atom is -0.487 e. The molecule has 0 fully saturated rings. The van der Waals surface area contributed by atoms with Gasteiger partial charge in [-0.25, -0.2) is 9.82 Å². The zero-order chi connectivity index (χ0) is 24.0. The molecule has 0 saturated carbocycles. The standard InChI is InChI=1S/C22H13FI2N4O4/c23-18-7-13(10-26)4-5-17(18)22(30)28-27-11-15-8-19(24)21(20(25)9-15)33-12-14-2-1-3-16(6-14)29(31)32/h1-9,11H,12H2,(H,28,30)/b27-11-. The van der Waals surface area contributed by atoms with Gasteiger partial charge in [-0.1, -0.05) is 12.1 Å². The van der Waals surface area contributed by atoms with Crippen molar-refractivity contribution in [3.63, 3.8) is 0 Å². The maximum absolute atomic E-state index is 13.9. The SMILES string of the molecule is N#Cc1ccc(C(=O)N/N=C\c2cc(I)c(OCc3cccc([N+](=O)[O-])c3)c(I)c2)c(F)c1. The Hall–Kier alpha value is -3.12. The number of amides is 1. The highest BCUT2D eigenvalue weighted by Gasteiger charge is 2.13. The van der Waals surface area contributed by atoms with Crippen LogP contribution >= 0.6 is 45.2 Å². The number of ether oxygens (including phenoxy) is 1. The van der Waals surface area contributed by atoms with E-state index in [2.05, 4.69) is 55.7 Å². The Morgan fingerprint density at radius 3 is 2.58 bits per heavy atom. The average Bonchev–Trinajstić information content (AvgIpc) is 2.78. The molecule has 8 nitrogen and oxygen atoms in total. The third kappa shape index (κ3) is 6.45. The van der Waals surface area contributed by atoms with Crippen LogP contribution in [0.5, 0.6) is 5.75 Å². The van der Waals surface area contributed by atoms with Gasteiger partial charge in [-0.05, 0) is 86.6 Å². The fourth-order valence-electron chi connectivity index (χ4n) is 2.70. The van der Waals surface area contributed by atoms with E-state index in [1.165, 1.54) is 30.5 Å². The number of carbonyl (C=O) groups excluding carboxylic acids is 1. The Morgan fingerprint density at radius 2 is 1.94 bits per heavy atom. The number of nitrogens with zero attached hydrogens (tertiary/aromatic N) is 3. The Labute approximate surface area is 214 Å². The third-order valence-electron chi connectivity index (χ3n) is 4.25. The number of nitro groups is 1.